The summed E-state index contributed by atoms with van der Waals surface area (Å²) in [5, 5.41) is 9.79. The Labute approximate surface area is 111 Å². The van der Waals surface area contributed by atoms with Crippen LogP contribution in [0, 0.1) is 5.82 Å². The average molecular weight is 272 g/mol. The molecule has 2 aromatic carbocycles. The van der Waals surface area contributed by atoms with Gasteiger partial charge in [0.2, 0.25) is 0 Å². The first kappa shape index (κ1) is 12.2. The molecule has 5 nitrogen and oxygen atoms in total. The van der Waals surface area contributed by atoms with E-state index in [1.54, 1.807) is 12.1 Å². The smallest absolute Gasteiger partial charge is 0.333 e. The van der Waals surface area contributed by atoms with Crippen LogP contribution < -0.4 is 11.2 Å². The van der Waals surface area contributed by atoms with Crippen molar-refractivity contribution in [2.45, 2.75) is 0 Å². The number of nitrogens with one attached hydrogen (secondary N) is 1. The molecule has 2 N–H and O–H groups in total. The molecular weight excluding hydrogens is 263 g/mol. The van der Waals surface area contributed by atoms with Crippen LogP contribution in [0.25, 0.3) is 16.6 Å². The molecule has 0 saturated carbocycles. The maximum absolute atomic E-state index is 13.6. The topological polar surface area (TPSA) is 75.1 Å². The van der Waals surface area contributed by atoms with Crippen molar-refractivity contribution in [3.8, 4) is 11.4 Å². The fourth-order valence-electron chi connectivity index (χ4n) is 2.08. The molecule has 0 unspecified atom stereocenters. The lowest BCUT2D eigenvalue weighted by Gasteiger charge is -2.08. The van der Waals surface area contributed by atoms with Crippen molar-refractivity contribution in [3.63, 3.8) is 0 Å². The third kappa shape index (κ3) is 1.70. The first-order valence-electron chi connectivity index (χ1n) is 5.81. The van der Waals surface area contributed by atoms with Gasteiger partial charge in [0, 0.05) is 0 Å². The van der Waals surface area contributed by atoms with Gasteiger partial charge in [-0.05, 0) is 24.3 Å². The Hall–Kier alpha value is -2.89. The van der Waals surface area contributed by atoms with E-state index in [0.717, 1.165) is 10.6 Å². The number of hydrogen-bond acceptors (Lipinski definition) is 3. The minimum absolute atomic E-state index is 0.0350. The van der Waals surface area contributed by atoms with Crippen LogP contribution >= 0.6 is 0 Å². The van der Waals surface area contributed by atoms with E-state index >= 15 is 0 Å². The Kier molecular flexibility index (Phi) is 2.64. The molecule has 100 valence electrons. The zero-order valence-electron chi connectivity index (χ0n) is 10.1. The molecule has 0 saturated heterocycles. The van der Waals surface area contributed by atoms with Gasteiger partial charge in [-0.1, -0.05) is 18.2 Å². The minimum atomic E-state index is -0.811. The maximum Gasteiger partial charge on any atom is 0.333 e. The summed E-state index contributed by atoms with van der Waals surface area (Å²) in [6.07, 6.45) is 0. The first-order valence-corrected chi connectivity index (χ1v) is 5.81. The number of hydrogen-bond donors (Lipinski definition) is 2. The van der Waals surface area contributed by atoms with E-state index in [4.69, 9.17) is 0 Å². The highest BCUT2D eigenvalue weighted by atomic mass is 19.1. The molecule has 0 aliphatic carbocycles. The molecule has 0 aliphatic heterocycles. The van der Waals surface area contributed by atoms with Crippen molar-refractivity contribution < 1.29 is 9.50 Å². The van der Waals surface area contributed by atoms with Gasteiger partial charge >= 0.3 is 5.69 Å². The Morgan fingerprint density at radius 3 is 2.55 bits per heavy atom. The molecule has 20 heavy (non-hydrogen) atoms. The van der Waals surface area contributed by atoms with Crippen LogP contribution in [0.1, 0.15) is 0 Å². The van der Waals surface area contributed by atoms with Gasteiger partial charge in [0.25, 0.3) is 5.56 Å². The molecule has 1 heterocycles. The van der Waals surface area contributed by atoms with Gasteiger partial charge in [0.1, 0.15) is 11.6 Å². The van der Waals surface area contributed by atoms with Crippen LogP contribution in [0.5, 0.6) is 5.75 Å². The van der Waals surface area contributed by atoms with E-state index in [1.807, 2.05) is 0 Å². The van der Waals surface area contributed by atoms with E-state index < -0.39 is 17.1 Å². The highest BCUT2D eigenvalue weighted by Crippen LogP contribution is 2.18. The lowest BCUT2D eigenvalue weighted by atomic mass is 10.2. The van der Waals surface area contributed by atoms with Gasteiger partial charge in [-0.2, -0.15) is 0 Å². The lowest BCUT2D eigenvalue weighted by Crippen LogP contribution is -2.33. The zero-order valence-corrected chi connectivity index (χ0v) is 10.1. The summed E-state index contributed by atoms with van der Waals surface area (Å²) >= 11 is 0. The number of para-hydroxylation sites is 3. The molecule has 0 atom stereocenters. The largest absolute Gasteiger partial charge is 0.506 e. The molecule has 6 heteroatoms. The first-order chi connectivity index (χ1) is 9.59. The van der Waals surface area contributed by atoms with Crippen LogP contribution in [0.3, 0.4) is 0 Å². The number of nitrogens with zero attached hydrogens (tertiary/aromatic N) is 1. The van der Waals surface area contributed by atoms with E-state index in [1.165, 1.54) is 24.3 Å². The molecule has 0 fully saturated rings. The Bertz CT molecular complexity index is 928. The summed E-state index contributed by atoms with van der Waals surface area (Å²) < 4.78 is 14.4. The van der Waals surface area contributed by atoms with Gasteiger partial charge in [0.15, 0.2) is 0 Å². The van der Waals surface area contributed by atoms with Gasteiger partial charge in [0.05, 0.1) is 16.6 Å². The van der Waals surface area contributed by atoms with Crippen LogP contribution in [-0.4, -0.2) is 14.7 Å². The van der Waals surface area contributed by atoms with Crippen LogP contribution in [0.2, 0.25) is 0 Å². The predicted octanol–water partition coefficient (Wildman–Crippen LogP) is 1.52. The van der Waals surface area contributed by atoms with Crippen LogP contribution in [-0.2, 0) is 0 Å². The van der Waals surface area contributed by atoms with Crippen molar-refractivity contribution in [1.29, 1.82) is 0 Å². The molecule has 0 amide bonds. The zero-order chi connectivity index (χ0) is 14.3. The molecular formula is C14H9FN2O3. The molecule has 0 radical (unpaired) electrons. The summed E-state index contributed by atoms with van der Waals surface area (Å²) in [6.45, 7) is 0. The number of aromatic hydroxyl groups is 1. The number of aromatic amines is 1. The Morgan fingerprint density at radius 1 is 1.05 bits per heavy atom. The molecule has 3 rings (SSSR count). The summed E-state index contributed by atoms with van der Waals surface area (Å²) in [6, 6.07) is 9.88. The summed E-state index contributed by atoms with van der Waals surface area (Å²) in [5.41, 5.74) is -1.60. The SMILES string of the molecule is O=c1[nH]c2c(F)cccc2c(=O)n1-c1ccccc1O. The second-order valence-corrected chi connectivity index (χ2v) is 4.22. The minimum Gasteiger partial charge on any atom is -0.506 e. The highest BCUT2D eigenvalue weighted by molar-refractivity contribution is 5.78. The van der Waals surface area contributed by atoms with Crippen LogP contribution in [0.4, 0.5) is 4.39 Å². The number of benzene rings is 2. The van der Waals surface area contributed by atoms with Crippen molar-refractivity contribution >= 4 is 10.9 Å². The third-order valence-electron chi connectivity index (χ3n) is 3.00. The number of halogens is 1. The molecule has 0 spiro atoms. The average Bonchev–Trinajstić information content (AvgIpc) is 2.42. The number of H-pyrrole nitrogens is 1. The monoisotopic (exact) mass is 272 g/mol. The van der Waals surface area contributed by atoms with Crippen LogP contribution in [0.15, 0.2) is 52.1 Å². The number of phenols is 1. The summed E-state index contributed by atoms with van der Waals surface area (Å²) in [5.74, 6) is -0.892. The van der Waals surface area contributed by atoms with Gasteiger partial charge in [-0.25, -0.2) is 13.8 Å². The third-order valence-corrected chi connectivity index (χ3v) is 3.00. The molecule has 3 aromatic rings. The second kappa shape index (κ2) is 4.34. The van der Waals surface area contributed by atoms with Gasteiger partial charge in [-0.15, -0.1) is 0 Å². The highest BCUT2D eigenvalue weighted by Gasteiger charge is 2.13. The lowest BCUT2D eigenvalue weighted by molar-refractivity contribution is 0.471. The van der Waals surface area contributed by atoms with E-state index in [9.17, 15) is 19.1 Å². The fraction of sp³-hybridized carbons (Fsp3) is 0. The molecule has 0 bridgehead atoms. The summed E-state index contributed by atoms with van der Waals surface area (Å²) in [7, 11) is 0. The number of phenolic OH excluding ortho intramolecular Hbond substituents is 1. The van der Waals surface area contributed by atoms with Crippen molar-refractivity contribution in [2.24, 2.45) is 0 Å². The maximum atomic E-state index is 13.6. The van der Waals surface area contributed by atoms with E-state index in [-0.39, 0.29) is 22.3 Å². The molecule has 1 aromatic heterocycles. The predicted molar refractivity (Wildman–Crippen MR) is 71.8 cm³/mol. The molecule has 0 aliphatic rings. The Balaban J connectivity index is 2.48. The van der Waals surface area contributed by atoms with Crippen molar-refractivity contribution in [1.82, 2.24) is 9.55 Å². The van der Waals surface area contributed by atoms with E-state index in [2.05, 4.69) is 4.98 Å². The quantitative estimate of drug-likeness (QED) is 0.705. The van der Waals surface area contributed by atoms with E-state index in [0.29, 0.717) is 0 Å². The Morgan fingerprint density at radius 2 is 1.80 bits per heavy atom. The fourth-order valence-corrected chi connectivity index (χ4v) is 2.08. The number of rotatable bonds is 1. The standard InChI is InChI=1S/C14H9FN2O3/c15-9-5-3-4-8-12(9)16-14(20)17(13(8)19)10-6-1-2-7-11(10)18/h1-7,18H,(H,16,20). The van der Waals surface area contributed by atoms with Gasteiger partial charge in [-0.3, -0.25) is 4.79 Å². The van der Waals surface area contributed by atoms with Crippen molar-refractivity contribution in [2.75, 3.05) is 0 Å². The van der Waals surface area contributed by atoms with Gasteiger partial charge < -0.3 is 10.1 Å². The normalized spacial score (nSPS) is 10.8. The summed E-state index contributed by atoms with van der Waals surface area (Å²) in [4.78, 5) is 26.6. The number of aromatic nitrogens is 2. The van der Waals surface area contributed by atoms with Crippen molar-refractivity contribution in [3.05, 3.63) is 69.1 Å². The number of fused-ring (bicyclic) bond motifs is 1. The second-order valence-electron chi connectivity index (χ2n) is 4.22.